The van der Waals surface area contributed by atoms with E-state index in [1.807, 2.05) is 42.5 Å². The molecule has 9 heteroatoms. The predicted octanol–water partition coefficient (Wildman–Crippen LogP) is 9.55. The van der Waals surface area contributed by atoms with E-state index in [0.29, 0.717) is 44.5 Å². The van der Waals surface area contributed by atoms with E-state index >= 15 is 0 Å². The Balaban J connectivity index is 1.46. The molecule has 5 aromatic carbocycles. The third-order valence-electron chi connectivity index (χ3n) is 6.35. The molecule has 0 unspecified atom stereocenters. The number of anilines is 3. The van der Waals surface area contributed by atoms with Crippen LogP contribution in [0.2, 0.25) is 15.1 Å². The molecule has 0 fully saturated rings. The largest absolute Gasteiger partial charge is 0.340 e. The first-order valence-corrected chi connectivity index (χ1v) is 13.3. The van der Waals surface area contributed by atoms with E-state index in [9.17, 15) is 9.18 Å². The molecular formula is C31H18Cl3FN4O. The molecule has 2 N–H and O–H groups in total. The highest BCUT2D eigenvalue weighted by molar-refractivity contribution is 6.42. The summed E-state index contributed by atoms with van der Waals surface area (Å²) in [5.41, 5.74) is 2.92. The number of benzene rings is 5. The fourth-order valence-electron chi connectivity index (χ4n) is 4.39. The van der Waals surface area contributed by atoms with Gasteiger partial charge in [-0.2, -0.15) is 0 Å². The summed E-state index contributed by atoms with van der Waals surface area (Å²) in [5, 5.41) is 9.46. The van der Waals surface area contributed by atoms with Crippen LogP contribution >= 0.6 is 34.8 Å². The molecule has 6 rings (SSSR count). The van der Waals surface area contributed by atoms with Crippen molar-refractivity contribution in [2.24, 2.45) is 0 Å². The summed E-state index contributed by atoms with van der Waals surface area (Å²) in [7, 11) is 0. The van der Waals surface area contributed by atoms with Crippen molar-refractivity contribution in [3.05, 3.63) is 124 Å². The second kappa shape index (κ2) is 10.7. The third-order valence-corrected chi connectivity index (χ3v) is 7.38. The molecule has 1 amide bonds. The van der Waals surface area contributed by atoms with Crippen LogP contribution in [0.5, 0.6) is 0 Å². The molecular weight excluding hydrogens is 570 g/mol. The third kappa shape index (κ3) is 5.17. The van der Waals surface area contributed by atoms with Crippen molar-refractivity contribution in [2.75, 3.05) is 10.6 Å². The summed E-state index contributed by atoms with van der Waals surface area (Å²) < 4.78 is 13.8. The first-order chi connectivity index (χ1) is 19.4. The van der Waals surface area contributed by atoms with E-state index in [1.165, 1.54) is 18.2 Å². The van der Waals surface area contributed by atoms with E-state index in [-0.39, 0.29) is 16.0 Å². The van der Waals surface area contributed by atoms with E-state index in [1.54, 1.807) is 36.4 Å². The standard InChI is InChI=1S/C31H18Cl3FN4O/c32-24-11-8-18(14-25(24)33)31(40)37-19-10-13-28-23(15-19)30(36-20-9-12-27(35)26(34)16-20)39-29(38-28)22-7-3-5-17-4-1-2-6-21(17)22/h1-16H,(H,37,40)(H,36,38,39). The number of nitrogens with one attached hydrogen (secondary N) is 2. The molecule has 6 aromatic rings. The molecule has 0 bridgehead atoms. The summed E-state index contributed by atoms with van der Waals surface area (Å²) in [6, 6.07) is 28.3. The molecule has 1 aromatic heterocycles. The van der Waals surface area contributed by atoms with Gasteiger partial charge in [0.1, 0.15) is 11.6 Å². The number of rotatable bonds is 5. The number of hydrogen-bond acceptors (Lipinski definition) is 4. The molecule has 0 aliphatic rings. The average Bonchev–Trinajstić information content (AvgIpc) is 2.96. The Labute approximate surface area is 243 Å². The van der Waals surface area contributed by atoms with Crippen LogP contribution in [0.15, 0.2) is 97.1 Å². The van der Waals surface area contributed by atoms with Gasteiger partial charge in [0.05, 0.1) is 20.6 Å². The highest BCUT2D eigenvalue weighted by Gasteiger charge is 2.15. The van der Waals surface area contributed by atoms with Crippen molar-refractivity contribution in [1.29, 1.82) is 0 Å². The monoisotopic (exact) mass is 586 g/mol. The summed E-state index contributed by atoms with van der Waals surface area (Å²) >= 11 is 18.1. The fraction of sp³-hybridized carbons (Fsp3) is 0. The van der Waals surface area contributed by atoms with Crippen molar-refractivity contribution in [1.82, 2.24) is 9.97 Å². The van der Waals surface area contributed by atoms with E-state index in [2.05, 4.69) is 10.6 Å². The number of aromatic nitrogens is 2. The van der Waals surface area contributed by atoms with Crippen LogP contribution in [0.4, 0.5) is 21.6 Å². The minimum absolute atomic E-state index is 0.0211. The molecule has 0 aliphatic heterocycles. The Bertz CT molecular complexity index is 1940. The summed E-state index contributed by atoms with van der Waals surface area (Å²) in [4.78, 5) is 22.6. The van der Waals surface area contributed by atoms with E-state index < -0.39 is 5.82 Å². The highest BCUT2D eigenvalue weighted by atomic mass is 35.5. The number of nitrogens with zero attached hydrogens (tertiary/aromatic N) is 2. The van der Waals surface area contributed by atoms with Gasteiger partial charge in [-0.25, -0.2) is 14.4 Å². The van der Waals surface area contributed by atoms with Crippen molar-refractivity contribution >= 4 is 79.6 Å². The number of hydrogen-bond donors (Lipinski definition) is 2. The average molecular weight is 588 g/mol. The molecule has 0 saturated heterocycles. The molecule has 5 nitrogen and oxygen atoms in total. The zero-order valence-corrected chi connectivity index (χ0v) is 22.8. The van der Waals surface area contributed by atoms with Crippen LogP contribution in [-0.2, 0) is 0 Å². The molecule has 0 saturated carbocycles. The van der Waals surface area contributed by atoms with Crippen molar-refractivity contribution < 1.29 is 9.18 Å². The summed E-state index contributed by atoms with van der Waals surface area (Å²) in [6.45, 7) is 0. The van der Waals surface area contributed by atoms with Crippen LogP contribution in [0.3, 0.4) is 0 Å². The van der Waals surface area contributed by atoms with Crippen molar-refractivity contribution in [3.8, 4) is 11.4 Å². The minimum Gasteiger partial charge on any atom is -0.340 e. The van der Waals surface area contributed by atoms with Gasteiger partial charge in [0.2, 0.25) is 0 Å². The number of carbonyl (C=O) groups is 1. The molecule has 0 aliphatic carbocycles. The Kier molecular flexibility index (Phi) is 6.98. The van der Waals surface area contributed by atoms with Gasteiger partial charge in [-0.15, -0.1) is 0 Å². The normalized spacial score (nSPS) is 11.1. The lowest BCUT2D eigenvalue weighted by atomic mass is 10.0. The zero-order chi connectivity index (χ0) is 27.8. The second-order valence-electron chi connectivity index (χ2n) is 8.99. The maximum atomic E-state index is 13.8. The fourth-order valence-corrected chi connectivity index (χ4v) is 4.87. The molecule has 0 radical (unpaired) electrons. The molecule has 0 atom stereocenters. The van der Waals surface area contributed by atoms with Gasteiger partial charge in [-0.05, 0) is 65.4 Å². The lowest BCUT2D eigenvalue weighted by Gasteiger charge is -2.14. The maximum Gasteiger partial charge on any atom is 0.255 e. The van der Waals surface area contributed by atoms with Crippen LogP contribution in [-0.4, -0.2) is 15.9 Å². The Hall–Kier alpha value is -4.23. The zero-order valence-electron chi connectivity index (χ0n) is 20.6. The van der Waals surface area contributed by atoms with Crippen LogP contribution in [0, 0.1) is 5.82 Å². The molecule has 196 valence electrons. The van der Waals surface area contributed by atoms with E-state index in [0.717, 1.165) is 16.3 Å². The molecule has 1 heterocycles. The van der Waals surface area contributed by atoms with Gasteiger partial charge in [0.25, 0.3) is 5.91 Å². The quantitative estimate of drug-likeness (QED) is 0.211. The second-order valence-corrected chi connectivity index (χ2v) is 10.2. The first kappa shape index (κ1) is 26.0. The summed E-state index contributed by atoms with van der Waals surface area (Å²) in [6.07, 6.45) is 0. The Morgan fingerprint density at radius 3 is 2.33 bits per heavy atom. The van der Waals surface area contributed by atoms with Gasteiger partial charge in [-0.1, -0.05) is 77.3 Å². The topological polar surface area (TPSA) is 66.9 Å². The maximum absolute atomic E-state index is 13.8. The minimum atomic E-state index is -0.525. The Morgan fingerprint density at radius 2 is 1.50 bits per heavy atom. The first-order valence-electron chi connectivity index (χ1n) is 12.1. The SMILES string of the molecule is O=C(Nc1ccc2nc(-c3cccc4ccccc34)nc(Nc3ccc(F)c(Cl)c3)c2c1)c1ccc(Cl)c(Cl)c1. The van der Waals surface area contributed by atoms with Crippen LogP contribution in [0.1, 0.15) is 10.4 Å². The lowest BCUT2D eigenvalue weighted by molar-refractivity contribution is 0.102. The van der Waals surface area contributed by atoms with Crippen molar-refractivity contribution in [2.45, 2.75) is 0 Å². The number of fused-ring (bicyclic) bond motifs is 2. The Morgan fingerprint density at radius 1 is 0.700 bits per heavy atom. The predicted molar refractivity (Wildman–Crippen MR) is 162 cm³/mol. The number of carbonyl (C=O) groups excluding carboxylic acids is 1. The number of halogens is 4. The van der Waals surface area contributed by atoms with Gasteiger partial charge in [-0.3, -0.25) is 4.79 Å². The van der Waals surface area contributed by atoms with Crippen LogP contribution in [0.25, 0.3) is 33.1 Å². The number of amides is 1. The van der Waals surface area contributed by atoms with Gasteiger partial charge in [0.15, 0.2) is 5.82 Å². The smallest absolute Gasteiger partial charge is 0.255 e. The summed E-state index contributed by atoms with van der Waals surface area (Å²) in [5.74, 6) is 0.0865. The van der Waals surface area contributed by atoms with Gasteiger partial charge >= 0.3 is 0 Å². The van der Waals surface area contributed by atoms with Crippen molar-refractivity contribution in [3.63, 3.8) is 0 Å². The lowest BCUT2D eigenvalue weighted by Crippen LogP contribution is -2.12. The molecule has 0 spiro atoms. The molecule has 40 heavy (non-hydrogen) atoms. The highest BCUT2D eigenvalue weighted by Crippen LogP contribution is 2.33. The van der Waals surface area contributed by atoms with Crippen LogP contribution < -0.4 is 10.6 Å². The van der Waals surface area contributed by atoms with Gasteiger partial charge in [0, 0.05) is 27.9 Å². The van der Waals surface area contributed by atoms with E-state index in [4.69, 9.17) is 44.8 Å². The van der Waals surface area contributed by atoms with Gasteiger partial charge < -0.3 is 10.6 Å².